The van der Waals surface area contributed by atoms with Crippen molar-refractivity contribution < 1.29 is 9.53 Å². The fourth-order valence-electron chi connectivity index (χ4n) is 2.50. The minimum atomic E-state index is -0.0807. The molecule has 0 spiro atoms. The van der Waals surface area contributed by atoms with E-state index in [1.807, 2.05) is 74.3 Å². The van der Waals surface area contributed by atoms with Gasteiger partial charge in [0.15, 0.2) is 0 Å². The van der Waals surface area contributed by atoms with Gasteiger partial charge >= 0.3 is 0 Å². The lowest BCUT2D eigenvalue weighted by atomic mass is 10.1. The Bertz CT molecular complexity index is 706. The van der Waals surface area contributed by atoms with Gasteiger partial charge in [-0.3, -0.25) is 9.69 Å². The molecule has 1 N–H and O–H groups in total. The van der Waals surface area contributed by atoms with Gasteiger partial charge in [-0.25, -0.2) is 0 Å². The Morgan fingerprint density at radius 2 is 2.00 bits per heavy atom. The monoisotopic (exact) mass is 360 g/mol. The maximum absolute atomic E-state index is 12.2. The minimum Gasteiger partial charge on any atom is -0.492 e. The zero-order chi connectivity index (χ0) is 18.2. The summed E-state index contributed by atoms with van der Waals surface area (Å²) < 4.78 is 5.76. The first-order chi connectivity index (χ1) is 12.0. The molecular weight excluding hydrogens is 336 g/mol. The van der Waals surface area contributed by atoms with Crippen LogP contribution in [0.25, 0.3) is 0 Å². The topological polar surface area (TPSA) is 41.6 Å². The number of nitrogens with zero attached hydrogens (tertiary/aromatic N) is 1. The highest BCUT2D eigenvalue weighted by molar-refractivity contribution is 6.30. The Kier molecular flexibility index (Phi) is 7.29. The van der Waals surface area contributed by atoms with Gasteiger partial charge in [0.05, 0.1) is 12.6 Å². The van der Waals surface area contributed by atoms with Crippen molar-refractivity contribution >= 4 is 17.5 Å². The molecule has 0 saturated heterocycles. The van der Waals surface area contributed by atoms with Gasteiger partial charge in [0, 0.05) is 11.6 Å². The third-order valence-corrected chi connectivity index (χ3v) is 4.20. The number of halogens is 1. The van der Waals surface area contributed by atoms with Gasteiger partial charge in [-0.15, -0.1) is 0 Å². The smallest absolute Gasteiger partial charge is 0.234 e. The molecular formula is C20H25ClN2O2. The fraction of sp³-hybridized carbons (Fsp3) is 0.350. The van der Waals surface area contributed by atoms with Crippen LogP contribution in [0.3, 0.4) is 0 Å². The van der Waals surface area contributed by atoms with Crippen LogP contribution in [-0.2, 0) is 4.79 Å². The SMILES string of the molecule is Cc1ccccc1OCCN(C)CC(=O)NC(C)c1cccc(Cl)c1. The van der Waals surface area contributed by atoms with Crippen LogP contribution in [0, 0.1) is 6.92 Å². The van der Waals surface area contributed by atoms with Gasteiger partial charge in [0.2, 0.25) is 5.91 Å². The lowest BCUT2D eigenvalue weighted by molar-refractivity contribution is -0.122. The first-order valence-electron chi connectivity index (χ1n) is 8.37. The minimum absolute atomic E-state index is 0.0223. The molecule has 134 valence electrons. The maximum Gasteiger partial charge on any atom is 0.234 e. The van der Waals surface area contributed by atoms with E-state index in [2.05, 4.69) is 5.32 Å². The quantitative estimate of drug-likeness (QED) is 0.777. The van der Waals surface area contributed by atoms with E-state index >= 15 is 0 Å². The van der Waals surface area contributed by atoms with Crippen LogP contribution in [-0.4, -0.2) is 37.6 Å². The summed E-state index contributed by atoms with van der Waals surface area (Å²) >= 11 is 5.99. The largest absolute Gasteiger partial charge is 0.492 e. The number of amides is 1. The number of benzene rings is 2. The Morgan fingerprint density at radius 3 is 2.72 bits per heavy atom. The van der Waals surface area contributed by atoms with Crippen LogP contribution in [0.5, 0.6) is 5.75 Å². The molecule has 2 aromatic rings. The van der Waals surface area contributed by atoms with Crippen molar-refractivity contribution in [2.45, 2.75) is 19.9 Å². The number of carbonyl (C=O) groups excluding carboxylic acids is 1. The van der Waals surface area contributed by atoms with Gasteiger partial charge in [-0.2, -0.15) is 0 Å². The molecule has 1 atom stereocenters. The Hall–Kier alpha value is -2.04. The van der Waals surface area contributed by atoms with Crippen LogP contribution >= 0.6 is 11.6 Å². The molecule has 0 saturated carbocycles. The van der Waals surface area contributed by atoms with E-state index in [1.54, 1.807) is 0 Å². The molecule has 0 radical (unpaired) electrons. The molecule has 0 aliphatic heterocycles. The standard InChI is InChI=1S/C20H25ClN2O2/c1-15-7-4-5-10-19(15)25-12-11-23(3)14-20(24)22-16(2)17-8-6-9-18(21)13-17/h4-10,13,16H,11-12,14H2,1-3H3,(H,22,24). The molecule has 0 bridgehead atoms. The number of hydrogen-bond donors (Lipinski definition) is 1. The van der Waals surface area contributed by atoms with Gasteiger partial charge in [0.25, 0.3) is 0 Å². The Morgan fingerprint density at radius 1 is 1.24 bits per heavy atom. The molecule has 1 amide bonds. The van der Waals surface area contributed by atoms with Crippen molar-refractivity contribution in [1.29, 1.82) is 0 Å². The normalized spacial score (nSPS) is 12.0. The van der Waals surface area contributed by atoms with E-state index in [4.69, 9.17) is 16.3 Å². The molecule has 1 unspecified atom stereocenters. The van der Waals surface area contributed by atoms with Crippen molar-refractivity contribution in [3.05, 3.63) is 64.7 Å². The molecule has 0 fully saturated rings. The second kappa shape index (κ2) is 9.44. The molecule has 2 aromatic carbocycles. The summed E-state index contributed by atoms with van der Waals surface area (Å²) in [6.45, 7) is 5.50. The van der Waals surface area contributed by atoms with Crippen LogP contribution in [0.15, 0.2) is 48.5 Å². The highest BCUT2D eigenvalue weighted by Crippen LogP contribution is 2.17. The zero-order valence-corrected chi connectivity index (χ0v) is 15.7. The van der Waals surface area contributed by atoms with E-state index in [0.717, 1.165) is 16.9 Å². The highest BCUT2D eigenvalue weighted by atomic mass is 35.5. The number of carbonyl (C=O) groups is 1. The summed E-state index contributed by atoms with van der Waals surface area (Å²) in [6.07, 6.45) is 0. The predicted octanol–water partition coefficient (Wildman–Crippen LogP) is 3.84. The van der Waals surface area contributed by atoms with Gasteiger partial charge in [0.1, 0.15) is 12.4 Å². The number of para-hydroxylation sites is 1. The highest BCUT2D eigenvalue weighted by Gasteiger charge is 2.12. The van der Waals surface area contributed by atoms with Gasteiger partial charge in [-0.1, -0.05) is 41.9 Å². The summed E-state index contributed by atoms with van der Waals surface area (Å²) in [5, 5.41) is 3.66. The molecule has 0 aliphatic carbocycles. The number of ether oxygens (including phenoxy) is 1. The number of likely N-dealkylation sites (N-methyl/N-ethyl adjacent to an activating group) is 1. The Balaban J connectivity index is 1.73. The fourth-order valence-corrected chi connectivity index (χ4v) is 2.70. The van der Waals surface area contributed by atoms with Crippen molar-refractivity contribution in [3.8, 4) is 5.75 Å². The van der Waals surface area contributed by atoms with E-state index in [1.165, 1.54) is 0 Å². The van der Waals surface area contributed by atoms with E-state index < -0.39 is 0 Å². The maximum atomic E-state index is 12.2. The summed E-state index contributed by atoms with van der Waals surface area (Å²) in [6, 6.07) is 15.4. The third-order valence-electron chi connectivity index (χ3n) is 3.96. The second-order valence-corrected chi connectivity index (χ2v) is 6.63. The first-order valence-corrected chi connectivity index (χ1v) is 8.75. The van der Waals surface area contributed by atoms with E-state index in [-0.39, 0.29) is 11.9 Å². The summed E-state index contributed by atoms with van der Waals surface area (Å²) in [7, 11) is 1.91. The molecule has 0 heterocycles. The van der Waals surface area contributed by atoms with Crippen LogP contribution in [0.4, 0.5) is 0 Å². The molecule has 4 nitrogen and oxygen atoms in total. The van der Waals surface area contributed by atoms with Crippen LogP contribution in [0.1, 0.15) is 24.1 Å². The lowest BCUT2D eigenvalue weighted by Gasteiger charge is -2.19. The van der Waals surface area contributed by atoms with Crippen molar-refractivity contribution in [2.75, 3.05) is 26.7 Å². The number of nitrogens with one attached hydrogen (secondary N) is 1. The predicted molar refractivity (Wildman–Crippen MR) is 102 cm³/mol. The van der Waals surface area contributed by atoms with Crippen molar-refractivity contribution in [2.24, 2.45) is 0 Å². The summed E-state index contributed by atoms with van der Waals surface area (Å²) in [4.78, 5) is 14.1. The van der Waals surface area contributed by atoms with Crippen LogP contribution < -0.4 is 10.1 Å². The van der Waals surface area contributed by atoms with Crippen molar-refractivity contribution in [3.63, 3.8) is 0 Å². The lowest BCUT2D eigenvalue weighted by Crippen LogP contribution is -2.38. The van der Waals surface area contributed by atoms with E-state index in [0.29, 0.717) is 24.7 Å². The van der Waals surface area contributed by atoms with E-state index in [9.17, 15) is 4.79 Å². The summed E-state index contributed by atoms with van der Waals surface area (Å²) in [5.74, 6) is 0.862. The average Bonchev–Trinajstić information content (AvgIpc) is 2.56. The number of rotatable bonds is 8. The number of hydrogen-bond acceptors (Lipinski definition) is 3. The van der Waals surface area contributed by atoms with Gasteiger partial charge in [-0.05, 0) is 50.2 Å². The third kappa shape index (κ3) is 6.40. The second-order valence-electron chi connectivity index (χ2n) is 6.20. The van der Waals surface area contributed by atoms with Crippen molar-refractivity contribution in [1.82, 2.24) is 10.2 Å². The zero-order valence-electron chi connectivity index (χ0n) is 15.0. The molecule has 0 aliphatic rings. The molecule has 2 rings (SSSR count). The first kappa shape index (κ1) is 19.3. The molecule has 0 aromatic heterocycles. The van der Waals surface area contributed by atoms with Gasteiger partial charge < -0.3 is 10.1 Å². The van der Waals surface area contributed by atoms with Crippen LogP contribution in [0.2, 0.25) is 5.02 Å². The Labute approximate surface area is 154 Å². The molecule has 5 heteroatoms. The summed E-state index contributed by atoms with van der Waals surface area (Å²) in [5.41, 5.74) is 2.10. The number of aryl methyl sites for hydroxylation is 1. The molecule has 25 heavy (non-hydrogen) atoms. The average molecular weight is 361 g/mol.